The Balaban J connectivity index is 2.22. The van der Waals surface area contributed by atoms with Crippen LogP contribution in [0.2, 0.25) is 18.1 Å². The van der Waals surface area contributed by atoms with Crippen LogP contribution in [-0.2, 0) is 11.2 Å². The minimum absolute atomic E-state index is 0.0516. The smallest absolute Gasteiger partial charge is 0.222 e. The summed E-state index contributed by atoms with van der Waals surface area (Å²) in [6.07, 6.45) is 2.40. The predicted molar refractivity (Wildman–Crippen MR) is 89.6 cm³/mol. The van der Waals surface area contributed by atoms with Crippen LogP contribution in [0.3, 0.4) is 0 Å². The first-order chi connectivity index (χ1) is 10.1. The van der Waals surface area contributed by atoms with Crippen LogP contribution >= 0.6 is 0 Å². The molecule has 22 heavy (non-hydrogen) atoms. The number of hydrogen-bond donors (Lipinski definition) is 0. The van der Waals surface area contributed by atoms with Gasteiger partial charge in [0.25, 0.3) is 0 Å². The first-order valence-corrected chi connectivity index (χ1v) is 10.7. The molecule has 2 atom stereocenters. The summed E-state index contributed by atoms with van der Waals surface area (Å²) >= 11 is 0. The maximum Gasteiger partial charge on any atom is 0.222 e. The summed E-state index contributed by atoms with van der Waals surface area (Å²) in [5, 5.41) is 9.62. The minimum atomic E-state index is -1.99. The van der Waals surface area contributed by atoms with Crippen molar-refractivity contribution in [1.82, 2.24) is 9.55 Å². The second-order valence-electron chi connectivity index (χ2n) is 7.71. The molecule has 0 spiro atoms. The molecular formula is C17H25N3OSi. The molecule has 1 fully saturated rings. The third-order valence-corrected chi connectivity index (χ3v) is 10.6. The Labute approximate surface area is 134 Å². The molecule has 118 valence electrons. The Kier molecular flexibility index (Phi) is 4.18. The largest absolute Gasteiger partial charge is 0.353 e. The van der Waals surface area contributed by atoms with Gasteiger partial charge in [0.15, 0.2) is 8.24 Å². The van der Waals surface area contributed by atoms with Crippen LogP contribution in [0, 0.1) is 24.2 Å². The number of aryl methyl sites for hydroxylation is 1. The molecule has 2 heterocycles. The fourth-order valence-electron chi connectivity index (χ4n) is 2.86. The van der Waals surface area contributed by atoms with E-state index in [2.05, 4.69) is 44.9 Å². The molecule has 5 heteroatoms. The van der Waals surface area contributed by atoms with E-state index in [0.717, 1.165) is 11.3 Å². The molecule has 1 aromatic rings. The summed E-state index contributed by atoms with van der Waals surface area (Å²) in [5.41, 5.74) is 2.03. The number of nitrogens with zero attached hydrogens (tertiary/aromatic N) is 3. The van der Waals surface area contributed by atoms with E-state index in [-0.39, 0.29) is 22.9 Å². The summed E-state index contributed by atoms with van der Waals surface area (Å²) in [4.78, 5) is 16.9. The number of carbonyl (C=O) groups excluding carboxylic acids is 1. The van der Waals surface area contributed by atoms with E-state index in [9.17, 15) is 10.1 Å². The predicted octanol–water partition coefficient (Wildman–Crippen LogP) is 3.29. The van der Waals surface area contributed by atoms with E-state index < -0.39 is 8.24 Å². The first kappa shape index (κ1) is 16.7. The van der Waals surface area contributed by atoms with E-state index >= 15 is 0 Å². The van der Waals surface area contributed by atoms with Crippen LogP contribution in [0.5, 0.6) is 0 Å². The van der Waals surface area contributed by atoms with Crippen molar-refractivity contribution in [3.63, 3.8) is 0 Å². The second-order valence-corrected chi connectivity index (χ2v) is 12.8. The van der Waals surface area contributed by atoms with Gasteiger partial charge in [0.2, 0.25) is 5.91 Å². The molecular weight excluding hydrogens is 290 g/mol. The van der Waals surface area contributed by atoms with Gasteiger partial charge in [0.05, 0.1) is 12.0 Å². The third-order valence-electron chi connectivity index (χ3n) is 5.20. The summed E-state index contributed by atoms with van der Waals surface area (Å²) in [7, 11) is -1.99. The molecule has 1 aromatic heterocycles. The second kappa shape index (κ2) is 5.51. The summed E-state index contributed by atoms with van der Waals surface area (Å²) in [6.45, 7) is 12.8. The van der Waals surface area contributed by atoms with Crippen molar-refractivity contribution in [2.75, 3.05) is 0 Å². The average molecular weight is 315 g/mol. The number of aromatic nitrogens is 1. The van der Waals surface area contributed by atoms with E-state index in [4.69, 9.17) is 0 Å². The van der Waals surface area contributed by atoms with Crippen LogP contribution in [0.1, 0.15) is 32.0 Å². The normalized spacial score (nSPS) is 22.2. The van der Waals surface area contributed by atoms with Gasteiger partial charge in [0.1, 0.15) is 6.04 Å². The maximum atomic E-state index is 12.7. The van der Waals surface area contributed by atoms with Gasteiger partial charge in [-0.1, -0.05) is 33.9 Å². The molecule has 1 aliphatic rings. The third kappa shape index (κ3) is 2.68. The minimum Gasteiger partial charge on any atom is -0.353 e. The highest BCUT2D eigenvalue weighted by Crippen LogP contribution is 2.45. The maximum absolute atomic E-state index is 12.7. The number of rotatable bonds is 3. The van der Waals surface area contributed by atoms with Gasteiger partial charge in [0, 0.05) is 11.9 Å². The summed E-state index contributed by atoms with van der Waals surface area (Å²) in [5.74, 6) is -0.0615. The fourth-order valence-corrected chi connectivity index (χ4v) is 5.24. The van der Waals surface area contributed by atoms with Crippen LogP contribution in [0.25, 0.3) is 0 Å². The zero-order valence-corrected chi connectivity index (χ0v) is 15.3. The molecule has 0 aliphatic carbocycles. The Bertz CT molecular complexity index is 628. The molecule has 0 aromatic carbocycles. The topological polar surface area (TPSA) is 57.0 Å². The number of pyridine rings is 1. The molecule has 0 bridgehead atoms. The quantitative estimate of drug-likeness (QED) is 0.635. The molecule has 0 saturated carbocycles. The lowest BCUT2D eigenvalue weighted by atomic mass is 9.85. The lowest BCUT2D eigenvalue weighted by Crippen LogP contribution is -2.72. The highest BCUT2D eigenvalue weighted by molar-refractivity contribution is 6.80. The Morgan fingerprint density at radius 1 is 1.41 bits per heavy atom. The van der Waals surface area contributed by atoms with Gasteiger partial charge in [-0.25, -0.2) is 0 Å². The van der Waals surface area contributed by atoms with Crippen LogP contribution in [0.15, 0.2) is 18.3 Å². The molecule has 1 amide bonds. The van der Waals surface area contributed by atoms with E-state index in [1.165, 1.54) is 0 Å². The molecule has 1 aliphatic heterocycles. The number of nitriles is 1. The average Bonchev–Trinajstić information content (AvgIpc) is 2.40. The van der Waals surface area contributed by atoms with Crippen molar-refractivity contribution in [2.24, 2.45) is 5.92 Å². The van der Waals surface area contributed by atoms with Crippen LogP contribution in [-0.4, -0.2) is 29.7 Å². The van der Waals surface area contributed by atoms with Gasteiger partial charge < -0.3 is 4.57 Å². The molecule has 0 N–H and O–H groups in total. The van der Waals surface area contributed by atoms with Gasteiger partial charge in [-0.15, -0.1) is 0 Å². The van der Waals surface area contributed by atoms with Crippen molar-refractivity contribution in [1.29, 1.82) is 5.26 Å². The van der Waals surface area contributed by atoms with Gasteiger partial charge in [-0.2, -0.15) is 5.26 Å². The molecule has 0 radical (unpaired) electrons. The SMILES string of the molecule is Cc1cc(C[C@H]2C(=O)N([Si](C)(C)C(C)(C)C)[C@@H]2C#N)ccn1. The first-order valence-electron chi connectivity index (χ1n) is 7.74. The lowest BCUT2D eigenvalue weighted by Gasteiger charge is -2.56. The van der Waals surface area contributed by atoms with Gasteiger partial charge in [-0.3, -0.25) is 9.78 Å². The summed E-state index contributed by atoms with van der Waals surface area (Å²) in [6, 6.07) is 6.01. The number of β-lactam (4-membered cyclic amide) rings is 1. The fraction of sp³-hybridized carbons (Fsp3) is 0.588. The number of amides is 1. The Morgan fingerprint density at radius 3 is 2.55 bits per heavy atom. The van der Waals surface area contributed by atoms with Crippen molar-refractivity contribution in [2.45, 2.75) is 58.3 Å². The highest BCUT2D eigenvalue weighted by Gasteiger charge is 2.57. The Morgan fingerprint density at radius 2 is 2.05 bits per heavy atom. The van der Waals surface area contributed by atoms with Crippen molar-refractivity contribution in [3.8, 4) is 6.07 Å². The standard InChI is InChI=1S/C17H25N3OSi/c1-12-9-13(7-8-19-12)10-14-15(11-18)20(16(14)21)22(5,6)17(2,3)4/h7-9,14-15H,10H2,1-6H3/t14-,15-/m1/s1. The zero-order valence-electron chi connectivity index (χ0n) is 14.3. The van der Waals surface area contributed by atoms with E-state index in [1.807, 2.05) is 23.6 Å². The zero-order chi connectivity index (χ0) is 16.7. The summed E-state index contributed by atoms with van der Waals surface area (Å²) < 4.78 is 1.91. The number of carbonyl (C=O) groups is 1. The molecule has 2 rings (SSSR count). The van der Waals surface area contributed by atoms with E-state index in [1.54, 1.807) is 6.20 Å². The Hall–Kier alpha value is -1.67. The van der Waals surface area contributed by atoms with Crippen LogP contribution in [0.4, 0.5) is 0 Å². The molecule has 4 nitrogen and oxygen atoms in total. The lowest BCUT2D eigenvalue weighted by molar-refractivity contribution is -0.145. The van der Waals surface area contributed by atoms with E-state index in [0.29, 0.717) is 6.42 Å². The molecule has 1 saturated heterocycles. The monoisotopic (exact) mass is 315 g/mol. The number of hydrogen-bond acceptors (Lipinski definition) is 3. The van der Waals surface area contributed by atoms with Crippen molar-refractivity contribution < 1.29 is 4.79 Å². The van der Waals surface area contributed by atoms with Crippen molar-refractivity contribution in [3.05, 3.63) is 29.6 Å². The van der Waals surface area contributed by atoms with Crippen LogP contribution < -0.4 is 0 Å². The molecule has 0 unspecified atom stereocenters. The highest BCUT2D eigenvalue weighted by atomic mass is 28.3. The van der Waals surface area contributed by atoms with Gasteiger partial charge >= 0.3 is 0 Å². The van der Waals surface area contributed by atoms with Crippen molar-refractivity contribution >= 4 is 14.1 Å². The van der Waals surface area contributed by atoms with Gasteiger partial charge in [-0.05, 0) is 36.1 Å².